The van der Waals surface area contributed by atoms with Crippen LogP contribution in [-0.4, -0.2) is 30.2 Å². The lowest BCUT2D eigenvalue weighted by atomic mass is 10.3. The van der Waals surface area contributed by atoms with Gasteiger partial charge in [0.2, 0.25) is 11.8 Å². The molecular weight excluding hydrogens is 285 g/mol. The number of methoxy groups -OCH3 is 1. The van der Waals surface area contributed by atoms with Gasteiger partial charge in [-0.15, -0.1) is 0 Å². The molecule has 0 aliphatic heterocycles. The van der Waals surface area contributed by atoms with Crippen LogP contribution >= 0.6 is 11.6 Å². The molecule has 1 heterocycles. The molecular formula is C13H13ClFN3O2. The van der Waals surface area contributed by atoms with E-state index in [0.717, 1.165) is 6.20 Å². The quantitative estimate of drug-likeness (QED) is 0.831. The molecule has 20 heavy (non-hydrogen) atoms. The first-order valence-corrected chi connectivity index (χ1v) is 6.26. The second-order valence-electron chi connectivity index (χ2n) is 3.76. The van der Waals surface area contributed by atoms with Gasteiger partial charge in [-0.05, 0) is 12.1 Å². The average molecular weight is 298 g/mol. The van der Waals surface area contributed by atoms with Gasteiger partial charge in [0, 0.05) is 0 Å². The summed E-state index contributed by atoms with van der Waals surface area (Å²) in [5, 5.41) is 3.45. The number of hydrogen-bond donors (Lipinski definition) is 1. The molecule has 2 rings (SSSR count). The minimum Gasteiger partial charge on any atom is -0.490 e. The molecule has 0 radical (unpaired) electrons. The Bertz CT molecular complexity index is 583. The van der Waals surface area contributed by atoms with Gasteiger partial charge in [-0.2, -0.15) is 9.37 Å². The first kappa shape index (κ1) is 14.3. The molecule has 1 N–H and O–H groups in total. The summed E-state index contributed by atoms with van der Waals surface area (Å²) in [6.07, 6.45) is 1.04. The monoisotopic (exact) mass is 297 g/mol. The number of halogens is 2. The van der Waals surface area contributed by atoms with E-state index < -0.39 is 5.82 Å². The number of ether oxygens (including phenoxy) is 2. The van der Waals surface area contributed by atoms with Crippen LogP contribution in [0.2, 0.25) is 5.02 Å². The predicted octanol–water partition coefficient (Wildman–Crippen LogP) is 2.77. The van der Waals surface area contributed by atoms with Gasteiger partial charge in [0.25, 0.3) is 5.88 Å². The molecule has 0 bridgehead atoms. The highest BCUT2D eigenvalue weighted by atomic mass is 35.5. The SMILES string of the molecule is COc1nc(NCCOc2ccccc2Cl)ncc1F. The first-order chi connectivity index (χ1) is 9.70. The van der Waals surface area contributed by atoms with Crippen LogP contribution in [0.25, 0.3) is 0 Å². The normalized spacial score (nSPS) is 10.2. The Hall–Kier alpha value is -2.08. The molecule has 0 spiro atoms. The van der Waals surface area contributed by atoms with E-state index in [0.29, 0.717) is 23.9 Å². The topological polar surface area (TPSA) is 56.3 Å². The van der Waals surface area contributed by atoms with Gasteiger partial charge in [0.05, 0.1) is 24.9 Å². The van der Waals surface area contributed by atoms with E-state index in [4.69, 9.17) is 21.1 Å². The minimum absolute atomic E-state index is 0.102. The van der Waals surface area contributed by atoms with E-state index in [9.17, 15) is 4.39 Å². The van der Waals surface area contributed by atoms with Crippen molar-refractivity contribution in [2.75, 3.05) is 25.6 Å². The Labute approximate surface area is 120 Å². The van der Waals surface area contributed by atoms with Gasteiger partial charge >= 0.3 is 0 Å². The second kappa shape index (κ2) is 6.91. The van der Waals surface area contributed by atoms with Gasteiger partial charge in [-0.3, -0.25) is 0 Å². The lowest BCUT2D eigenvalue weighted by Crippen LogP contribution is -2.14. The zero-order valence-electron chi connectivity index (χ0n) is 10.8. The van der Waals surface area contributed by atoms with Crippen molar-refractivity contribution >= 4 is 17.5 Å². The summed E-state index contributed by atoms with van der Waals surface area (Å²) in [5.74, 6) is 0.166. The highest BCUT2D eigenvalue weighted by Crippen LogP contribution is 2.22. The lowest BCUT2D eigenvalue weighted by molar-refractivity contribution is 0.332. The van der Waals surface area contributed by atoms with E-state index in [2.05, 4.69) is 15.3 Å². The van der Waals surface area contributed by atoms with Crippen molar-refractivity contribution in [3.63, 3.8) is 0 Å². The van der Waals surface area contributed by atoms with E-state index in [-0.39, 0.29) is 11.8 Å². The van der Waals surface area contributed by atoms with Crippen molar-refractivity contribution < 1.29 is 13.9 Å². The summed E-state index contributed by atoms with van der Waals surface area (Å²) in [5.41, 5.74) is 0. The Morgan fingerprint density at radius 1 is 1.35 bits per heavy atom. The van der Waals surface area contributed by atoms with Gasteiger partial charge in [-0.1, -0.05) is 23.7 Å². The van der Waals surface area contributed by atoms with Crippen LogP contribution in [0, 0.1) is 5.82 Å². The summed E-state index contributed by atoms with van der Waals surface area (Å²) in [6, 6.07) is 7.19. The van der Waals surface area contributed by atoms with Crippen LogP contribution in [0.3, 0.4) is 0 Å². The van der Waals surface area contributed by atoms with Crippen LogP contribution in [0.15, 0.2) is 30.5 Å². The third-order valence-electron chi connectivity index (χ3n) is 2.38. The molecule has 0 aliphatic rings. The van der Waals surface area contributed by atoms with Crippen LogP contribution in [-0.2, 0) is 0 Å². The van der Waals surface area contributed by atoms with Gasteiger partial charge in [0.15, 0.2) is 0 Å². The fourth-order valence-electron chi connectivity index (χ4n) is 1.47. The number of hydrogen-bond acceptors (Lipinski definition) is 5. The highest BCUT2D eigenvalue weighted by molar-refractivity contribution is 6.32. The summed E-state index contributed by atoms with van der Waals surface area (Å²) in [4.78, 5) is 7.64. The minimum atomic E-state index is -0.606. The molecule has 0 fully saturated rings. The average Bonchev–Trinajstić information content (AvgIpc) is 2.47. The van der Waals surface area contributed by atoms with Crippen molar-refractivity contribution in [1.29, 1.82) is 0 Å². The fraction of sp³-hybridized carbons (Fsp3) is 0.231. The van der Waals surface area contributed by atoms with Crippen molar-refractivity contribution in [2.45, 2.75) is 0 Å². The number of para-hydroxylation sites is 1. The standard InChI is InChI=1S/C13H13ClFN3O2/c1-19-12-10(15)8-17-13(18-12)16-6-7-20-11-5-3-2-4-9(11)14/h2-5,8H,6-7H2,1H3,(H,16,17,18). The van der Waals surface area contributed by atoms with Crippen LogP contribution in [0.4, 0.5) is 10.3 Å². The zero-order valence-corrected chi connectivity index (χ0v) is 11.5. The number of anilines is 1. The molecule has 0 unspecified atom stereocenters. The predicted molar refractivity (Wildman–Crippen MR) is 74.0 cm³/mol. The first-order valence-electron chi connectivity index (χ1n) is 5.88. The maximum Gasteiger partial charge on any atom is 0.255 e. The summed E-state index contributed by atoms with van der Waals surface area (Å²) < 4.78 is 23.4. The van der Waals surface area contributed by atoms with E-state index in [1.165, 1.54) is 7.11 Å². The lowest BCUT2D eigenvalue weighted by Gasteiger charge is -2.09. The van der Waals surface area contributed by atoms with E-state index in [1.54, 1.807) is 12.1 Å². The largest absolute Gasteiger partial charge is 0.490 e. The van der Waals surface area contributed by atoms with Gasteiger partial charge < -0.3 is 14.8 Å². The fourth-order valence-corrected chi connectivity index (χ4v) is 1.66. The highest BCUT2D eigenvalue weighted by Gasteiger charge is 2.06. The molecule has 7 heteroatoms. The smallest absolute Gasteiger partial charge is 0.255 e. The van der Waals surface area contributed by atoms with E-state index in [1.807, 2.05) is 12.1 Å². The molecule has 0 atom stereocenters. The third kappa shape index (κ3) is 3.71. The van der Waals surface area contributed by atoms with Crippen molar-refractivity contribution in [1.82, 2.24) is 9.97 Å². The van der Waals surface area contributed by atoms with Gasteiger partial charge in [0.1, 0.15) is 12.4 Å². The van der Waals surface area contributed by atoms with Crippen LogP contribution in [0.5, 0.6) is 11.6 Å². The molecule has 0 saturated carbocycles. The maximum atomic E-state index is 13.1. The third-order valence-corrected chi connectivity index (χ3v) is 2.70. The van der Waals surface area contributed by atoms with Crippen molar-refractivity contribution in [2.24, 2.45) is 0 Å². The molecule has 106 valence electrons. The number of benzene rings is 1. The van der Waals surface area contributed by atoms with Crippen molar-refractivity contribution in [3.05, 3.63) is 41.3 Å². The summed E-state index contributed by atoms with van der Waals surface area (Å²) >= 11 is 5.95. The maximum absolute atomic E-state index is 13.1. The molecule has 0 amide bonds. The van der Waals surface area contributed by atoms with Crippen LogP contribution < -0.4 is 14.8 Å². The summed E-state index contributed by atoms with van der Waals surface area (Å²) in [7, 11) is 1.34. The van der Waals surface area contributed by atoms with E-state index >= 15 is 0 Å². The Morgan fingerprint density at radius 2 is 2.15 bits per heavy atom. The second-order valence-corrected chi connectivity index (χ2v) is 4.16. The Balaban J connectivity index is 1.83. The molecule has 0 aliphatic carbocycles. The Kier molecular flexibility index (Phi) is 4.95. The number of rotatable bonds is 6. The number of nitrogens with zero attached hydrogens (tertiary/aromatic N) is 2. The van der Waals surface area contributed by atoms with Gasteiger partial charge in [-0.25, -0.2) is 4.98 Å². The molecule has 1 aromatic heterocycles. The Morgan fingerprint density at radius 3 is 2.90 bits per heavy atom. The zero-order chi connectivity index (χ0) is 14.4. The van der Waals surface area contributed by atoms with Crippen LogP contribution in [0.1, 0.15) is 0 Å². The van der Waals surface area contributed by atoms with Crippen molar-refractivity contribution in [3.8, 4) is 11.6 Å². The molecule has 2 aromatic rings. The molecule has 5 nitrogen and oxygen atoms in total. The molecule has 0 saturated heterocycles. The number of aromatic nitrogens is 2. The summed E-state index contributed by atoms with van der Waals surface area (Å²) in [6.45, 7) is 0.812. The molecule has 1 aromatic carbocycles. The number of nitrogens with one attached hydrogen (secondary N) is 1.